The summed E-state index contributed by atoms with van der Waals surface area (Å²) in [6, 6.07) is 10.5. The molecule has 5 N–H and O–H groups in total. The Labute approximate surface area is 233 Å². The molecule has 1 aliphatic rings. The molecule has 0 aliphatic carbocycles. The third-order valence-corrected chi connectivity index (χ3v) is 6.43. The smallest absolute Gasteiger partial charge is 0.347 e. The van der Waals surface area contributed by atoms with Gasteiger partial charge in [0, 0.05) is 18.1 Å². The van der Waals surface area contributed by atoms with Crippen molar-refractivity contribution in [3.8, 4) is 34.5 Å². The van der Waals surface area contributed by atoms with Crippen LogP contribution in [0.2, 0.25) is 0 Å². The highest BCUT2D eigenvalue weighted by atomic mass is 16.6. The number of hydrogen-bond acceptors (Lipinski definition) is 12. The summed E-state index contributed by atoms with van der Waals surface area (Å²) >= 11 is 0. The number of aromatic hydroxyl groups is 5. The first-order valence-corrected chi connectivity index (χ1v) is 12.1. The second kappa shape index (κ2) is 11.8. The van der Waals surface area contributed by atoms with Crippen molar-refractivity contribution in [1.82, 2.24) is 0 Å². The molecule has 0 saturated carbocycles. The van der Waals surface area contributed by atoms with Crippen LogP contribution in [0.3, 0.4) is 0 Å². The van der Waals surface area contributed by atoms with E-state index in [-0.39, 0.29) is 40.5 Å². The average molecular weight is 567 g/mol. The van der Waals surface area contributed by atoms with Crippen LogP contribution in [-0.4, -0.2) is 63.8 Å². The van der Waals surface area contributed by atoms with E-state index >= 15 is 0 Å². The van der Waals surface area contributed by atoms with E-state index in [1.54, 1.807) is 0 Å². The zero-order valence-corrected chi connectivity index (χ0v) is 21.8. The molecule has 3 aromatic carbocycles. The number of esters is 3. The van der Waals surface area contributed by atoms with Gasteiger partial charge in [0.05, 0.1) is 14.2 Å². The van der Waals surface area contributed by atoms with E-state index in [1.807, 2.05) is 0 Å². The third kappa shape index (κ3) is 5.96. The molecule has 12 nitrogen and oxygen atoms in total. The van der Waals surface area contributed by atoms with Gasteiger partial charge in [0.1, 0.15) is 12.0 Å². The zero-order valence-electron chi connectivity index (χ0n) is 21.8. The van der Waals surface area contributed by atoms with Gasteiger partial charge in [-0.3, -0.25) is 4.79 Å². The summed E-state index contributed by atoms with van der Waals surface area (Å²) in [5, 5.41) is 49.4. The molecule has 214 valence electrons. The Balaban J connectivity index is 1.62. The summed E-state index contributed by atoms with van der Waals surface area (Å²) in [5.41, 5.74) is 1.17. The number of phenols is 5. The Morgan fingerprint density at radius 1 is 0.854 bits per heavy atom. The van der Waals surface area contributed by atoms with Gasteiger partial charge >= 0.3 is 17.9 Å². The fourth-order valence-corrected chi connectivity index (χ4v) is 4.44. The van der Waals surface area contributed by atoms with Crippen molar-refractivity contribution in [3.63, 3.8) is 0 Å². The molecule has 4 rings (SSSR count). The van der Waals surface area contributed by atoms with Crippen LogP contribution in [0.1, 0.15) is 34.3 Å². The van der Waals surface area contributed by atoms with E-state index in [0.29, 0.717) is 11.1 Å². The summed E-state index contributed by atoms with van der Waals surface area (Å²) in [5.74, 6) is -5.60. The Morgan fingerprint density at radius 2 is 1.51 bits per heavy atom. The standard InChI is InChI=1S/C29H26O12/c1-38-28(36)22(12-14-3-7-17(30)20(33)11-14)40-23(35)10-6-15-4-9-19(32)27-24(15)25(29(37)39-2)26(41-27)16-5-8-18(31)21(34)13-16/h3-11,13,22,25-26,30-34H,12H2,1-2H3. The fourth-order valence-electron chi connectivity index (χ4n) is 4.44. The number of rotatable bonds is 8. The maximum atomic E-state index is 12.9. The minimum atomic E-state index is -1.38. The quantitative estimate of drug-likeness (QED) is 0.116. The monoisotopic (exact) mass is 566 g/mol. The number of carbonyl (C=O) groups is 3. The Bertz CT molecular complexity index is 1530. The van der Waals surface area contributed by atoms with E-state index in [1.165, 1.54) is 61.7 Å². The van der Waals surface area contributed by atoms with Gasteiger partial charge < -0.3 is 44.5 Å². The van der Waals surface area contributed by atoms with Crippen molar-refractivity contribution in [2.24, 2.45) is 0 Å². The Hall–Kier alpha value is -5.39. The van der Waals surface area contributed by atoms with E-state index in [2.05, 4.69) is 0 Å². The Kier molecular flexibility index (Phi) is 8.22. The summed E-state index contributed by atoms with van der Waals surface area (Å²) in [6.07, 6.45) is -0.290. The lowest BCUT2D eigenvalue weighted by Crippen LogP contribution is -2.30. The van der Waals surface area contributed by atoms with Gasteiger partial charge in [-0.25, -0.2) is 9.59 Å². The van der Waals surface area contributed by atoms with Crippen LogP contribution < -0.4 is 4.74 Å². The lowest BCUT2D eigenvalue weighted by Gasteiger charge is -2.18. The average Bonchev–Trinajstić information content (AvgIpc) is 3.36. The number of benzene rings is 3. The summed E-state index contributed by atoms with van der Waals surface area (Å²) in [4.78, 5) is 37.9. The number of methoxy groups -OCH3 is 2. The second-order valence-electron chi connectivity index (χ2n) is 9.01. The van der Waals surface area contributed by atoms with Gasteiger partial charge in [0.15, 0.2) is 34.5 Å². The molecule has 3 atom stereocenters. The van der Waals surface area contributed by atoms with Crippen LogP contribution >= 0.6 is 0 Å². The number of hydrogen-bond donors (Lipinski definition) is 5. The highest BCUT2D eigenvalue weighted by Crippen LogP contribution is 2.52. The van der Waals surface area contributed by atoms with Gasteiger partial charge in [-0.1, -0.05) is 18.2 Å². The minimum absolute atomic E-state index is 0.0481. The maximum absolute atomic E-state index is 12.9. The van der Waals surface area contributed by atoms with Crippen LogP contribution in [0.15, 0.2) is 54.6 Å². The van der Waals surface area contributed by atoms with Crippen molar-refractivity contribution in [3.05, 3.63) is 76.9 Å². The normalized spacial score (nSPS) is 16.4. The number of fused-ring (bicyclic) bond motifs is 1. The van der Waals surface area contributed by atoms with Crippen LogP contribution in [0.4, 0.5) is 0 Å². The van der Waals surface area contributed by atoms with Gasteiger partial charge in [-0.15, -0.1) is 0 Å². The lowest BCUT2D eigenvalue weighted by atomic mass is 9.87. The van der Waals surface area contributed by atoms with Crippen molar-refractivity contribution >= 4 is 24.0 Å². The first-order chi connectivity index (χ1) is 19.5. The molecule has 0 aromatic heterocycles. The molecule has 3 aromatic rings. The molecule has 0 spiro atoms. The Morgan fingerprint density at radius 3 is 2.15 bits per heavy atom. The van der Waals surface area contributed by atoms with Crippen molar-refractivity contribution < 1.29 is 58.9 Å². The molecule has 0 amide bonds. The molecule has 0 bridgehead atoms. The van der Waals surface area contributed by atoms with Gasteiger partial charge in [0.25, 0.3) is 0 Å². The summed E-state index contributed by atoms with van der Waals surface area (Å²) in [6.45, 7) is 0. The van der Waals surface area contributed by atoms with Crippen LogP contribution in [-0.2, 0) is 35.0 Å². The molecule has 1 heterocycles. The van der Waals surface area contributed by atoms with Gasteiger partial charge in [-0.2, -0.15) is 0 Å². The molecule has 12 heteroatoms. The highest BCUT2D eigenvalue weighted by molar-refractivity contribution is 5.91. The van der Waals surface area contributed by atoms with Crippen molar-refractivity contribution in [2.45, 2.75) is 24.5 Å². The largest absolute Gasteiger partial charge is 0.504 e. The van der Waals surface area contributed by atoms with E-state index < -0.39 is 47.5 Å². The molecule has 0 fully saturated rings. The SMILES string of the molecule is COC(=O)C(Cc1ccc(O)c(O)c1)OC(=O)C=Cc1ccc(O)c2c1C(C(=O)OC)C(c1ccc(O)c(O)c1)O2. The first-order valence-electron chi connectivity index (χ1n) is 12.1. The predicted octanol–water partition coefficient (Wildman–Crippen LogP) is 2.95. The highest BCUT2D eigenvalue weighted by Gasteiger charge is 2.44. The molecular formula is C29H26O12. The van der Waals surface area contributed by atoms with Crippen molar-refractivity contribution in [2.75, 3.05) is 14.2 Å². The lowest BCUT2D eigenvalue weighted by molar-refractivity contribution is -0.162. The minimum Gasteiger partial charge on any atom is -0.504 e. The van der Waals surface area contributed by atoms with Crippen LogP contribution in [0.5, 0.6) is 34.5 Å². The molecule has 41 heavy (non-hydrogen) atoms. The molecule has 3 unspecified atom stereocenters. The van der Waals surface area contributed by atoms with E-state index in [9.17, 15) is 39.9 Å². The third-order valence-electron chi connectivity index (χ3n) is 6.43. The zero-order chi connectivity index (χ0) is 29.8. The van der Waals surface area contributed by atoms with Gasteiger partial charge in [0.2, 0.25) is 6.10 Å². The van der Waals surface area contributed by atoms with Crippen molar-refractivity contribution in [1.29, 1.82) is 0 Å². The van der Waals surface area contributed by atoms with E-state index in [0.717, 1.165) is 13.2 Å². The molecular weight excluding hydrogens is 540 g/mol. The summed E-state index contributed by atoms with van der Waals surface area (Å²) in [7, 11) is 2.28. The van der Waals surface area contributed by atoms with Gasteiger partial charge in [-0.05, 0) is 53.1 Å². The topological polar surface area (TPSA) is 189 Å². The molecule has 0 radical (unpaired) electrons. The fraction of sp³-hybridized carbons (Fsp3) is 0.207. The molecule has 0 saturated heterocycles. The summed E-state index contributed by atoms with van der Waals surface area (Å²) < 4.78 is 20.9. The van der Waals surface area contributed by atoms with E-state index in [4.69, 9.17) is 18.9 Å². The number of carbonyl (C=O) groups excluding carboxylic acids is 3. The second-order valence-corrected chi connectivity index (χ2v) is 9.01. The van der Waals surface area contributed by atoms with Crippen LogP contribution in [0, 0.1) is 0 Å². The molecule has 1 aliphatic heterocycles. The maximum Gasteiger partial charge on any atom is 0.347 e. The number of phenolic OH excluding ortho intramolecular Hbond substituents is 5. The first kappa shape index (κ1) is 28.6. The predicted molar refractivity (Wildman–Crippen MR) is 140 cm³/mol. The van der Waals surface area contributed by atoms with Crippen LogP contribution in [0.25, 0.3) is 6.08 Å². The number of ether oxygens (including phenoxy) is 4.